The molecule has 88 valence electrons. The Bertz CT molecular complexity index is 520. The van der Waals surface area contributed by atoms with E-state index in [4.69, 9.17) is 5.73 Å². The van der Waals surface area contributed by atoms with Gasteiger partial charge in [0.25, 0.3) is 5.91 Å². The number of thiophene rings is 1. The predicted molar refractivity (Wildman–Crippen MR) is 72.5 cm³/mol. The van der Waals surface area contributed by atoms with Crippen LogP contribution in [0.4, 0.5) is 11.4 Å². The van der Waals surface area contributed by atoms with Crippen molar-refractivity contribution in [3.05, 3.63) is 46.2 Å². The van der Waals surface area contributed by atoms with Gasteiger partial charge < -0.3 is 11.1 Å². The van der Waals surface area contributed by atoms with Crippen molar-refractivity contribution >= 4 is 28.6 Å². The molecule has 0 bridgehead atoms. The second-order valence-electron chi connectivity index (χ2n) is 3.73. The van der Waals surface area contributed by atoms with E-state index in [2.05, 4.69) is 12.2 Å². The molecular weight excluding hydrogens is 232 g/mol. The third kappa shape index (κ3) is 2.65. The number of nitrogen functional groups attached to an aromatic ring is 1. The van der Waals surface area contributed by atoms with Crippen LogP contribution in [0, 0.1) is 0 Å². The molecule has 4 heteroatoms. The van der Waals surface area contributed by atoms with Gasteiger partial charge in [0.1, 0.15) is 0 Å². The van der Waals surface area contributed by atoms with Crippen LogP contribution in [0.5, 0.6) is 0 Å². The summed E-state index contributed by atoms with van der Waals surface area (Å²) >= 11 is 1.50. The topological polar surface area (TPSA) is 55.1 Å². The molecule has 0 saturated heterocycles. The third-order valence-electron chi connectivity index (χ3n) is 2.57. The zero-order valence-corrected chi connectivity index (χ0v) is 10.4. The summed E-state index contributed by atoms with van der Waals surface area (Å²) < 4.78 is 0. The predicted octanol–water partition coefficient (Wildman–Crippen LogP) is 3.15. The largest absolute Gasteiger partial charge is 0.398 e. The molecule has 2 aromatic rings. The number of carbonyl (C=O) groups is 1. The second-order valence-corrected chi connectivity index (χ2v) is 4.51. The van der Waals surface area contributed by atoms with Crippen LogP contribution in [0.1, 0.15) is 22.8 Å². The molecule has 1 amide bonds. The Morgan fingerprint density at radius 2 is 2.24 bits per heavy atom. The van der Waals surface area contributed by atoms with Crippen molar-refractivity contribution in [3.8, 4) is 0 Å². The lowest BCUT2D eigenvalue weighted by molar-refractivity contribution is 0.102. The van der Waals surface area contributed by atoms with E-state index >= 15 is 0 Å². The maximum Gasteiger partial charge on any atom is 0.256 e. The van der Waals surface area contributed by atoms with Crippen molar-refractivity contribution < 1.29 is 4.79 Å². The molecule has 0 unspecified atom stereocenters. The number of carbonyl (C=O) groups excluding carboxylic acids is 1. The van der Waals surface area contributed by atoms with Gasteiger partial charge in [-0.05, 0) is 35.6 Å². The molecule has 1 aromatic carbocycles. The van der Waals surface area contributed by atoms with E-state index in [0.717, 1.165) is 23.4 Å². The van der Waals surface area contributed by atoms with Gasteiger partial charge in [0.05, 0.1) is 5.56 Å². The van der Waals surface area contributed by atoms with Gasteiger partial charge in [-0.25, -0.2) is 0 Å². The van der Waals surface area contributed by atoms with E-state index in [1.165, 1.54) is 11.3 Å². The molecule has 0 spiro atoms. The molecule has 17 heavy (non-hydrogen) atoms. The van der Waals surface area contributed by atoms with Crippen molar-refractivity contribution in [1.29, 1.82) is 0 Å². The van der Waals surface area contributed by atoms with Crippen molar-refractivity contribution in [2.75, 3.05) is 11.1 Å². The quantitative estimate of drug-likeness (QED) is 0.817. The van der Waals surface area contributed by atoms with Crippen molar-refractivity contribution in [2.45, 2.75) is 13.3 Å². The summed E-state index contributed by atoms with van der Waals surface area (Å²) in [7, 11) is 0. The minimum atomic E-state index is -0.102. The highest BCUT2D eigenvalue weighted by atomic mass is 32.1. The fourth-order valence-electron chi connectivity index (χ4n) is 1.59. The summed E-state index contributed by atoms with van der Waals surface area (Å²) in [5.41, 5.74) is 9.10. The first kappa shape index (κ1) is 11.7. The maximum atomic E-state index is 11.8. The highest BCUT2D eigenvalue weighted by Gasteiger charge is 2.07. The first-order valence-electron chi connectivity index (χ1n) is 5.42. The fraction of sp³-hybridized carbons (Fsp3) is 0.154. The number of nitrogens with one attached hydrogen (secondary N) is 1. The smallest absolute Gasteiger partial charge is 0.256 e. The first-order chi connectivity index (χ1) is 8.20. The lowest BCUT2D eigenvalue weighted by atomic mass is 10.1. The summed E-state index contributed by atoms with van der Waals surface area (Å²) in [5.74, 6) is -0.102. The standard InChI is InChI=1S/C13H14N2OS/c1-2-9-3-4-11(7-12(9)14)15-13(16)10-5-6-17-8-10/h3-8H,2,14H2,1H3,(H,15,16). The molecule has 0 fully saturated rings. The fourth-order valence-corrected chi connectivity index (χ4v) is 2.23. The van der Waals surface area contributed by atoms with Gasteiger partial charge in [0.2, 0.25) is 0 Å². The van der Waals surface area contributed by atoms with E-state index < -0.39 is 0 Å². The Morgan fingerprint density at radius 1 is 1.41 bits per heavy atom. The molecule has 0 aliphatic heterocycles. The summed E-state index contributed by atoms with van der Waals surface area (Å²) in [6.45, 7) is 2.05. The van der Waals surface area contributed by atoms with Crippen molar-refractivity contribution in [2.24, 2.45) is 0 Å². The molecular formula is C13H14N2OS. The number of hydrogen-bond donors (Lipinski definition) is 2. The number of amides is 1. The normalized spacial score (nSPS) is 10.2. The van der Waals surface area contributed by atoms with E-state index in [0.29, 0.717) is 5.56 Å². The maximum absolute atomic E-state index is 11.8. The van der Waals surface area contributed by atoms with Crippen LogP contribution in [-0.4, -0.2) is 5.91 Å². The summed E-state index contributed by atoms with van der Waals surface area (Å²) in [4.78, 5) is 11.8. The number of hydrogen-bond acceptors (Lipinski definition) is 3. The summed E-state index contributed by atoms with van der Waals surface area (Å²) in [6, 6.07) is 7.41. The molecule has 0 radical (unpaired) electrons. The molecule has 0 aliphatic carbocycles. The Kier molecular flexibility index (Phi) is 3.44. The van der Waals surface area contributed by atoms with Crippen LogP contribution in [0.15, 0.2) is 35.0 Å². The first-order valence-corrected chi connectivity index (χ1v) is 6.37. The molecule has 2 rings (SSSR count). The van der Waals surface area contributed by atoms with Gasteiger partial charge >= 0.3 is 0 Å². The number of benzene rings is 1. The van der Waals surface area contributed by atoms with Gasteiger partial charge in [-0.15, -0.1) is 0 Å². The van der Waals surface area contributed by atoms with E-state index in [-0.39, 0.29) is 5.91 Å². The number of anilines is 2. The average molecular weight is 246 g/mol. The van der Waals surface area contributed by atoms with E-state index in [9.17, 15) is 4.79 Å². The van der Waals surface area contributed by atoms with Crippen LogP contribution in [0.2, 0.25) is 0 Å². The molecule has 3 N–H and O–H groups in total. The molecule has 0 saturated carbocycles. The summed E-state index contributed by atoms with van der Waals surface area (Å²) in [5, 5.41) is 6.52. The van der Waals surface area contributed by atoms with Crippen LogP contribution in [-0.2, 0) is 6.42 Å². The molecule has 1 aromatic heterocycles. The van der Waals surface area contributed by atoms with E-state index in [1.54, 1.807) is 12.1 Å². The number of nitrogens with two attached hydrogens (primary N) is 1. The lowest BCUT2D eigenvalue weighted by Gasteiger charge is -2.07. The van der Waals surface area contributed by atoms with Crippen LogP contribution in [0.25, 0.3) is 0 Å². The zero-order valence-electron chi connectivity index (χ0n) is 9.57. The lowest BCUT2D eigenvalue weighted by Crippen LogP contribution is -2.11. The van der Waals surface area contributed by atoms with Crippen molar-refractivity contribution in [1.82, 2.24) is 0 Å². The van der Waals surface area contributed by atoms with Gasteiger partial charge in [-0.3, -0.25) is 4.79 Å². The molecule has 3 nitrogen and oxygen atoms in total. The highest BCUT2D eigenvalue weighted by Crippen LogP contribution is 2.19. The minimum Gasteiger partial charge on any atom is -0.398 e. The Labute approximate surface area is 104 Å². The SMILES string of the molecule is CCc1ccc(NC(=O)c2ccsc2)cc1N. The Morgan fingerprint density at radius 3 is 2.82 bits per heavy atom. The molecule has 0 atom stereocenters. The number of aryl methyl sites for hydroxylation is 1. The number of rotatable bonds is 3. The van der Waals surface area contributed by atoms with Crippen LogP contribution in [0.3, 0.4) is 0 Å². The summed E-state index contributed by atoms with van der Waals surface area (Å²) in [6.07, 6.45) is 0.893. The van der Waals surface area contributed by atoms with Gasteiger partial charge in [-0.1, -0.05) is 13.0 Å². The average Bonchev–Trinajstić information content (AvgIpc) is 2.82. The zero-order chi connectivity index (χ0) is 12.3. The monoisotopic (exact) mass is 246 g/mol. The molecule has 1 heterocycles. The third-order valence-corrected chi connectivity index (χ3v) is 3.25. The minimum absolute atomic E-state index is 0.102. The molecule has 0 aliphatic rings. The Balaban J connectivity index is 2.14. The Hall–Kier alpha value is -1.81. The van der Waals surface area contributed by atoms with E-state index in [1.807, 2.05) is 22.9 Å². The van der Waals surface area contributed by atoms with Gasteiger partial charge in [0, 0.05) is 16.8 Å². The highest BCUT2D eigenvalue weighted by molar-refractivity contribution is 7.08. The van der Waals surface area contributed by atoms with Gasteiger partial charge in [0.15, 0.2) is 0 Å². The second kappa shape index (κ2) is 5.01. The van der Waals surface area contributed by atoms with Crippen molar-refractivity contribution in [3.63, 3.8) is 0 Å². The van der Waals surface area contributed by atoms with Gasteiger partial charge in [-0.2, -0.15) is 11.3 Å². The van der Waals surface area contributed by atoms with Crippen LogP contribution >= 0.6 is 11.3 Å². The van der Waals surface area contributed by atoms with Crippen LogP contribution < -0.4 is 11.1 Å².